The highest BCUT2D eigenvalue weighted by molar-refractivity contribution is 6.92. The summed E-state index contributed by atoms with van der Waals surface area (Å²) in [6.45, 7) is 0. The van der Waals surface area contributed by atoms with Crippen molar-refractivity contribution in [1.82, 2.24) is 0 Å². The molecule has 0 heterocycles. The Kier molecular flexibility index (Phi) is 2.14. The van der Waals surface area contributed by atoms with Crippen LogP contribution in [-0.2, 0) is 0 Å². The molecule has 2 heteroatoms. The highest BCUT2D eigenvalue weighted by atomic mass is 29.1. The highest BCUT2D eigenvalue weighted by Crippen LogP contribution is 2.44. The largest absolute Gasteiger partial charge is 0.105 e. The molecule has 0 aromatic heterocycles. The Morgan fingerprint density at radius 2 is 2.36 bits per heavy atom. The lowest BCUT2D eigenvalue weighted by molar-refractivity contribution is 0.568. The molecule has 0 aliphatic heterocycles. The van der Waals surface area contributed by atoms with Crippen LogP contribution in [0.2, 0.25) is 0 Å². The third kappa shape index (κ3) is 1.42. The van der Waals surface area contributed by atoms with Gasteiger partial charge in [-0.25, -0.2) is 0 Å². The SMILES string of the molecule is [SiH3][SiH2]C=CC1=C2CCC(C1)C2. The number of hydrogen-bond donors (Lipinski definition) is 0. The average molecular weight is 180 g/mol. The van der Waals surface area contributed by atoms with Gasteiger partial charge in [0.2, 0.25) is 0 Å². The number of allylic oxidation sites excluding steroid dienone is 3. The van der Waals surface area contributed by atoms with E-state index in [0.29, 0.717) is 0 Å². The van der Waals surface area contributed by atoms with Gasteiger partial charge in [0, 0.05) is 9.04 Å². The first-order valence-corrected chi connectivity index (χ1v) is 11.2. The Labute approximate surface area is 73.8 Å². The van der Waals surface area contributed by atoms with Gasteiger partial charge in [0.25, 0.3) is 0 Å². The summed E-state index contributed by atoms with van der Waals surface area (Å²) in [5.74, 6) is 1.06. The molecule has 2 aliphatic carbocycles. The maximum atomic E-state index is 2.50. The molecule has 0 saturated heterocycles. The summed E-state index contributed by atoms with van der Waals surface area (Å²) in [6.07, 6.45) is 8.23. The standard InChI is InChI=1S/C9H16Si2/c10-11-4-3-9-6-7-1-2-8(9)5-7/h3-4,7H,1-2,5-6,11H2,10H3. The summed E-state index contributed by atoms with van der Waals surface area (Å²) in [7, 11) is 1.74. The van der Waals surface area contributed by atoms with Gasteiger partial charge >= 0.3 is 0 Å². The van der Waals surface area contributed by atoms with Gasteiger partial charge in [-0.3, -0.25) is 0 Å². The second kappa shape index (κ2) is 3.11. The summed E-state index contributed by atoms with van der Waals surface area (Å²) in [5, 5.41) is 0. The van der Waals surface area contributed by atoms with Gasteiger partial charge in [-0.2, -0.15) is 0 Å². The van der Waals surface area contributed by atoms with Crippen LogP contribution >= 0.6 is 0 Å². The lowest BCUT2D eigenvalue weighted by Crippen LogP contribution is -1.92. The van der Waals surface area contributed by atoms with Crippen molar-refractivity contribution in [2.75, 3.05) is 0 Å². The van der Waals surface area contributed by atoms with Crippen molar-refractivity contribution in [3.05, 3.63) is 22.9 Å². The fourth-order valence-electron chi connectivity index (χ4n) is 2.30. The molecule has 2 aliphatic rings. The van der Waals surface area contributed by atoms with Gasteiger partial charge in [0.1, 0.15) is 0 Å². The van der Waals surface area contributed by atoms with E-state index in [0.717, 1.165) is 5.92 Å². The maximum absolute atomic E-state index is 2.50. The van der Waals surface area contributed by atoms with Crippen LogP contribution in [0.25, 0.3) is 0 Å². The fourth-order valence-corrected chi connectivity index (χ4v) is 3.53. The van der Waals surface area contributed by atoms with E-state index in [2.05, 4.69) is 11.8 Å². The molecule has 0 spiro atoms. The first-order valence-electron chi connectivity index (χ1n) is 4.77. The van der Waals surface area contributed by atoms with E-state index >= 15 is 0 Å². The zero-order valence-electron chi connectivity index (χ0n) is 7.27. The molecule has 2 rings (SSSR count). The van der Waals surface area contributed by atoms with Crippen LogP contribution in [0.3, 0.4) is 0 Å². The zero-order chi connectivity index (χ0) is 7.68. The van der Waals surface area contributed by atoms with Crippen molar-refractivity contribution in [3.63, 3.8) is 0 Å². The topological polar surface area (TPSA) is 0 Å². The van der Waals surface area contributed by atoms with E-state index in [4.69, 9.17) is 0 Å². The van der Waals surface area contributed by atoms with E-state index in [9.17, 15) is 0 Å². The lowest BCUT2D eigenvalue weighted by atomic mass is 9.99. The number of fused-ring (bicyclic) bond motifs is 2. The molecule has 0 nitrogen and oxygen atoms in total. The van der Waals surface area contributed by atoms with E-state index in [1.165, 1.54) is 35.4 Å². The van der Waals surface area contributed by atoms with Gasteiger partial charge in [-0.15, -0.1) is 5.70 Å². The average Bonchev–Trinajstić information content (AvgIpc) is 2.60. The van der Waals surface area contributed by atoms with Crippen LogP contribution in [0, 0.1) is 5.92 Å². The Morgan fingerprint density at radius 3 is 2.91 bits per heavy atom. The quantitative estimate of drug-likeness (QED) is 0.541. The molecule has 2 bridgehead atoms. The molecule has 0 aromatic carbocycles. The summed E-state index contributed by atoms with van der Waals surface area (Å²) in [5.41, 5.74) is 6.02. The van der Waals surface area contributed by atoms with Gasteiger partial charge in [0.05, 0.1) is 0 Å². The minimum atomic E-state index is 0.289. The minimum absolute atomic E-state index is 0.289. The summed E-state index contributed by atoms with van der Waals surface area (Å²) < 4.78 is 0. The Hall–Kier alpha value is -0.0862. The Balaban J connectivity index is 2.09. The van der Waals surface area contributed by atoms with Gasteiger partial charge < -0.3 is 0 Å². The fraction of sp³-hybridized carbons (Fsp3) is 0.556. The van der Waals surface area contributed by atoms with Crippen molar-refractivity contribution >= 4 is 18.8 Å². The summed E-state index contributed by atoms with van der Waals surface area (Å²) >= 11 is 0. The van der Waals surface area contributed by atoms with Crippen LogP contribution in [0.4, 0.5) is 0 Å². The minimum Gasteiger partial charge on any atom is -0.105 e. The highest BCUT2D eigenvalue weighted by Gasteiger charge is 2.28. The van der Waals surface area contributed by atoms with Gasteiger partial charge in [0.15, 0.2) is 0 Å². The van der Waals surface area contributed by atoms with E-state index < -0.39 is 0 Å². The summed E-state index contributed by atoms with van der Waals surface area (Å²) in [4.78, 5) is 0. The molecule has 1 saturated carbocycles. The van der Waals surface area contributed by atoms with Gasteiger partial charge in [-0.05, 0) is 46.9 Å². The van der Waals surface area contributed by atoms with Crippen LogP contribution in [0.15, 0.2) is 22.9 Å². The smallest absolute Gasteiger partial charge is 0.0293 e. The molecule has 0 amide bonds. The van der Waals surface area contributed by atoms with E-state index in [1.54, 1.807) is 11.1 Å². The predicted octanol–water partition coefficient (Wildman–Crippen LogP) is 0.450. The van der Waals surface area contributed by atoms with E-state index in [-0.39, 0.29) is 9.04 Å². The van der Waals surface area contributed by atoms with Crippen LogP contribution < -0.4 is 0 Å². The number of hydrogen-bond acceptors (Lipinski definition) is 0. The summed E-state index contributed by atoms with van der Waals surface area (Å²) in [6, 6.07) is 0. The molecule has 0 radical (unpaired) electrons. The molecule has 11 heavy (non-hydrogen) atoms. The van der Waals surface area contributed by atoms with E-state index in [1.807, 2.05) is 0 Å². The Morgan fingerprint density at radius 1 is 1.45 bits per heavy atom. The molecular formula is C9H16Si2. The van der Waals surface area contributed by atoms with Crippen LogP contribution in [0.1, 0.15) is 25.7 Å². The molecule has 1 atom stereocenters. The maximum Gasteiger partial charge on any atom is 0.0293 e. The molecular weight excluding hydrogens is 164 g/mol. The van der Waals surface area contributed by atoms with Crippen molar-refractivity contribution in [1.29, 1.82) is 0 Å². The molecule has 1 unspecified atom stereocenters. The third-order valence-corrected chi connectivity index (χ3v) is 5.03. The normalized spacial score (nSPS) is 30.7. The van der Waals surface area contributed by atoms with Crippen molar-refractivity contribution < 1.29 is 0 Å². The first kappa shape index (κ1) is 7.56. The molecule has 0 N–H and O–H groups in total. The third-order valence-electron chi connectivity index (χ3n) is 2.91. The van der Waals surface area contributed by atoms with Crippen LogP contribution in [0.5, 0.6) is 0 Å². The lowest BCUT2D eigenvalue weighted by Gasteiger charge is -2.07. The van der Waals surface area contributed by atoms with Crippen molar-refractivity contribution in [3.8, 4) is 0 Å². The monoisotopic (exact) mass is 180 g/mol. The Bertz CT molecular complexity index is 216. The van der Waals surface area contributed by atoms with Crippen molar-refractivity contribution in [2.45, 2.75) is 25.7 Å². The van der Waals surface area contributed by atoms with Gasteiger partial charge in [-0.1, -0.05) is 11.6 Å². The van der Waals surface area contributed by atoms with Crippen molar-refractivity contribution in [2.24, 2.45) is 5.92 Å². The second-order valence-corrected chi connectivity index (χ2v) is 7.49. The number of rotatable bonds is 2. The zero-order valence-corrected chi connectivity index (χ0v) is 10.7. The molecule has 1 fully saturated rings. The molecule has 0 aromatic rings. The second-order valence-electron chi connectivity index (χ2n) is 3.75. The van der Waals surface area contributed by atoms with Crippen LogP contribution in [-0.4, -0.2) is 18.8 Å². The first-order chi connectivity index (χ1) is 5.40. The molecule has 60 valence electrons. The predicted molar refractivity (Wildman–Crippen MR) is 56.6 cm³/mol.